The zero-order valence-electron chi connectivity index (χ0n) is 15.5. The molecule has 1 aliphatic carbocycles. The molecule has 0 saturated heterocycles. The number of aromatic nitrogens is 3. The van der Waals surface area contributed by atoms with Gasteiger partial charge in [0.05, 0.1) is 23.9 Å². The highest BCUT2D eigenvalue weighted by molar-refractivity contribution is 7.85. The standard InChI is InChI=1S/C19H18F3N3O3S/c1-29(26,27)28-11-13-4-6-14(7-5-13)15-8-9-16-18(17(15)19(20,21)22)23-24-25(16)10-12-2-3-12/h4-9,12H,2-3,10-11H2,1H3. The molecule has 154 valence electrons. The Hall–Kier alpha value is -2.46. The number of fused-ring (bicyclic) bond motifs is 1. The number of rotatable bonds is 6. The van der Waals surface area contributed by atoms with E-state index in [1.807, 2.05) is 0 Å². The summed E-state index contributed by atoms with van der Waals surface area (Å²) in [6, 6.07) is 9.13. The van der Waals surface area contributed by atoms with Crippen LogP contribution < -0.4 is 0 Å². The molecule has 0 spiro atoms. The molecular weight excluding hydrogens is 407 g/mol. The molecule has 4 rings (SSSR count). The van der Waals surface area contributed by atoms with E-state index in [4.69, 9.17) is 4.18 Å². The van der Waals surface area contributed by atoms with Gasteiger partial charge in [-0.3, -0.25) is 4.18 Å². The highest BCUT2D eigenvalue weighted by atomic mass is 32.2. The minimum absolute atomic E-state index is 0.000877. The minimum Gasteiger partial charge on any atom is -0.265 e. The highest BCUT2D eigenvalue weighted by Crippen LogP contribution is 2.41. The summed E-state index contributed by atoms with van der Waals surface area (Å²) in [5, 5.41) is 7.77. The summed E-state index contributed by atoms with van der Waals surface area (Å²) in [4.78, 5) is 0. The maximum Gasteiger partial charge on any atom is 0.419 e. The van der Waals surface area contributed by atoms with Crippen LogP contribution in [0.15, 0.2) is 36.4 Å². The zero-order chi connectivity index (χ0) is 20.8. The molecular formula is C19H18F3N3O3S. The van der Waals surface area contributed by atoms with Crippen LogP contribution >= 0.6 is 0 Å². The smallest absolute Gasteiger partial charge is 0.265 e. The monoisotopic (exact) mass is 425 g/mol. The van der Waals surface area contributed by atoms with Crippen LogP contribution in [0.2, 0.25) is 0 Å². The normalized spacial score (nSPS) is 15.2. The fourth-order valence-corrected chi connectivity index (χ4v) is 3.55. The number of hydrogen-bond acceptors (Lipinski definition) is 5. The number of nitrogens with zero attached hydrogens (tertiary/aromatic N) is 3. The van der Waals surface area contributed by atoms with Gasteiger partial charge in [-0.15, -0.1) is 5.10 Å². The van der Waals surface area contributed by atoms with Crippen LogP contribution in [0, 0.1) is 5.92 Å². The van der Waals surface area contributed by atoms with Gasteiger partial charge in [0, 0.05) is 6.54 Å². The topological polar surface area (TPSA) is 74.1 Å². The maximum absolute atomic E-state index is 13.9. The molecule has 1 aromatic heterocycles. The van der Waals surface area contributed by atoms with Crippen LogP contribution in [-0.4, -0.2) is 29.7 Å². The summed E-state index contributed by atoms with van der Waals surface area (Å²) < 4.78 is 70.2. The number of benzene rings is 2. The Morgan fingerprint density at radius 1 is 1.14 bits per heavy atom. The third-order valence-electron chi connectivity index (χ3n) is 4.80. The van der Waals surface area contributed by atoms with Crippen molar-refractivity contribution in [1.29, 1.82) is 0 Å². The van der Waals surface area contributed by atoms with Gasteiger partial charge in [0.1, 0.15) is 5.52 Å². The van der Waals surface area contributed by atoms with Crippen LogP contribution in [0.25, 0.3) is 22.2 Å². The van der Waals surface area contributed by atoms with Crippen molar-refractivity contribution >= 4 is 21.2 Å². The fraction of sp³-hybridized carbons (Fsp3) is 0.368. The molecule has 1 heterocycles. The zero-order valence-corrected chi connectivity index (χ0v) is 16.3. The second-order valence-corrected chi connectivity index (χ2v) is 8.88. The van der Waals surface area contributed by atoms with E-state index >= 15 is 0 Å². The van der Waals surface area contributed by atoms with Gasteiger partial charge in [-0.25, -0.2) is 4.68 Å². The Kier molecular flexibility index (Phi) is 4.86. The van der Waals surface area contributed by atoms with E-state index in [1.165, 1.54) is 35.0 Å². The van der Waals surface area contributed by atoms with Crippen LogP contribution in [-0.2, 0) is 33.6 Å². The first kappa shape index (κ1) is 19.8. The fourth-order valence-electron chi connectivity index (χ4n) is 3.20. The van der Waals surface area contributed by atoms with Crippen molar-refractivity contribution in [3.8, 4) is 11.1 Å². The van der Waals surface area contributed by atoms with Gasteiger partial charge in [-0.05, 0) is 41.5 Å². The first-order chi connectivity index (χ1) is 13.6. The predicted molar refractivity (Wildman–Crippen MR) is 100 cm³/mol. The van der Waals surface area contributed by atoms with Gasteiger partial charge in [-0.1, -0.05) is 35.5 Å². The Balaban J connectivity index is 1.73. The van der Waals surface area contributed by atoms with Crippen molar-refractivity contribution in [3.63, 3.8) is 0 Å². The van der Waals surface area contributed by atoms with Gasteiger partial charge in [0.25, 0.3) is 10.1 Å². The Labute approximate surface area is 165 Å². The van der Waals surface area contributed by atoms with Crippen molar-refractivity contribution in [2.24, 2.45) is 5.92 Å². The summed E-state index contributed by atoms with van der Waals surface area (Å²) in [6.45, 7) is 0.391. The molecule has 0 radical (unpaired) electrons. The average Bonchev–Trinajstić information content (AvgIpc) is 3.37. The van der Waals surface area contributed by atoms with Crippen LogP contribution in [0.1, 0.15) is 24.0 Å². The lowest BCUT2D eigenvalue weighted by Crippen LogP contribution is -2.09. The molecule has 1 fully saturated rings. The van der Waals surface area contributed by atoms with Gasteiger partial charge < -0.3 is 0 Å². The van der Waals surface area contributed by atoms with E-state index in [9.17, 15) is 21.6 Å². The van der Waals surface area contributed by atoms with Gasteiger partial charge in [0.2, 0.25) is 0 Å². The van der Waals surface area contributed by atoms with Crippen molar-refractivity contribution in [3.05, 3.63) is 47.5 Å². The van der Waals surface area contributed by atoms with Crippen LogP contribution in [0.5, 0.6) is 0 Å². The molecule has 0 unspecified atom stereocenters. The van der Waals surface area contributed by atoms with Crippen molar-refractivity contribution in [2.45, 2.75) is 32.2 Å². The molecule has 0 bridgehead atoms. The maximum atomic E-state index is 13.9. The molecule has 1 saturated carbocycles. The molecule has 10 heteroatoms. The summed E-state index contributed by atoms with van der Waals surface area (Å²) in [7, 11) is -3.60. The molecule has 0 amide bonds. The molecule has 0 atom stereocenters. The van der Waals surface area contributed by atoms with E-state index in [2.05, 4.69) is 10.3 Å². The van der Waals surface area contributed by atoms with E-state index in [1.54, 1.807) is 6.07 Å². The third-order valence-corrected chi connectivity index (χ3v) is 5.35. The SMILES string of the molecule is CS(=O)(=O)OCc1ccc(-c2ccc3c(nnn3CC3CC3)c2C(F)(F)F)cc1. The Morgan fingerprint density at radius 2 is 1.83 bits per heavy atom. The summed E-state index contributed by atoms with van der Waals surface area (Å²) >= 11 is 0. The Bertz CT molecular complexity index is 1150. The highest BCUT2D eigenvalue weighted by Gasteiger charge is 2.38. The lowest BCUT2D eigenvalue weighted by molar-refractivity contribution is -0.135. The van der Waals surface area contributed by atoms with Crippen molar-refractivity contribution in [1.82, 2.24) is 15.0 Å². The molecule has 6 nitrogen and oxygen atoms in total. The second kappa shape index (κ2) is 7.10. The van der Waals surface area contributed by atoms with Gasteiger partial charge in [-0.2, -0.15) is 21.6 Å². The first-order valence-electron chi connectivity index (χ1n) is 8.99. The van der Waals surface area contributed by atoms with Gasteiger partial charge in [0.15, 0.2) is 0 Å². The van der Waals surface area contributed by atoms with Gasteiger partial charge >= 0.3 is 6.18 Å². The first-order valence-corrected chi connectivity index (χ1v) is 10.8. The molecule has 2 aromatic carbocycles. The lowest BCUT2D eigenvalue weighted by atomic mass is 9.97. The van der Waals surface area contributed by atoms with Crippen LogP contribution in [0.4, 0.5) is 13.2 Å². The predicted octanol–water partition coefficient (Wildman–Crippen LogP) is 4.00. The Morgan fingerprint density at radius 3 is 2.41 bits per heavy atom. The second-order valence-electron chi connectivity index (χ2n) is 7.23. The van der Waals surface area contributed by atoms with E-state index in [0.717, 1.165) is 19.1 Å². The van der Waals surface area contributed by atoms with E-state index < -0.39 is 21.9 Å². The van der Waals surface area contributed by atoms with Crippen LogP contribution in [0.3, 0.4) is 0 Å². The minimum atomic E-state index is -4.60. The third kappa shape index (κ3) is 4.43. The lowest BCUT2D eigenvalue weighted by Gasteiger charge is -2.14. The molecule has 3 aromatic rings. The molecule has 1 aliphatic rings. The van der Waals surface area contributed by atoms with Crippen molar-refractivity contribution in [2.75, 3.05) is 6.26 Å². The average molecular weight is 425 g/mol. The summed E-state index contributed by atoms with van der Waals surface area (Å²) in [5.41, 5.74) is 0.255. The molecule has 0 N–H and O–H groups in total. The molecule has 0 aliphatic heterocycles. The number of hydrogen-bond donors (Lipinski definition) is 0. The van der Waals surface area contributed by atoms with E-state index in [0.29, 0.717) is 29.1 Å². The quantitative estimate of drug-likeness (QED) is 0.558. The van der Waals surface area contributed by atoms with E-state index in [-0.39, 0.29) is 17.7 Å². The van der Waals surface area contributed by atoms with Crippen molar-refractivity contribution < 1.29 is 25.8 Å². The number of alkyl halides is 3. The molecule has 29 heavy (non-hydrogen) atoms. The summed E-state index contributed by atoms with van der Waals surface area (Å²) in [6.07, 6.45) is -1.56. The summed E-state index contributed by atoms with van der Waals surface area (Å²) in [5.74, 6) is 0.454. The number of halogens is 3. The largest absolute Gasteiger partial charge is 0.419 e.